The van der Waals surface area contributed by atoms with Crippen LogP contribution < -0.4 is 5.73 Å². The zero-order chi connectivity index (χ0) is 21.7. The van der Waals surface area contributed by atoms with Gasteiger partial charge >= 0.3 is 6.18 Å². The number of pyridine rings is 1. The molecular formula is C19H20F3N5O2S. The van der Waals surface area contributed by atoms with E-state index < -0.39 is 27.8 Å². The first-order valence-electron chi connectivity index (χ1n) is 9.33. The summed E-state index contributed by atoms with van der Waals surface area (Å²) in [5, 5.41) is 5.77. The number of sulfonamides is 1. The average Bonchev–Trinajstić information content (AvgIpc) is 3.28. The number of fused-ring (bicyclic) bond motifs is 1. The van der Waals surface area contributed by atoms with Crippen LogP contribution in [0.5, 0.6) is 0 Å². The maximum absolute atomic E-state index is 13.6. The molecular weight excluding hydrogens is 419 g/mol. The second-order valence-corrected chi connectivity index (χ2v) is 9.36. The summed E-state index contributed by atoms with van der Waals surface area (Å²) in [5.41, 5.74) is 6.03. The van der Waals surface area contributed by atoms with Crippen LogP contribution in [0.2, 0.25) is 0 Å². The molecule has 4 rings (SSSR count). The van der Waals surface area contributed by atoms with E-state index in [4.69, 9.17) is 5.73 Å². The molecule has 1 aliphatic rings. The van der Waals surface area contributed by atoms with E-state index in [1.165, 1.54) is 4.31 Å². The fraction of sp³-hybridized carbons (Fsp3) is 0.368. The van der Waals surface area contributed by atoms with Crippen LogP contribution in [-0.4, -0.2) is 34.4 Å². The minimum absolute atomic E-state index is 0.0200. The van der Waals surface area contributed by atoms with Gasteiger partial charge in [0.25, 0.3) is 0 Å². The van der Waals surface area contributed by atoms with Crippen molar-refractivity contribution >= 4 is 26.9 Å². The van der Waals surface area contributed by atoms with E-state index >= 15 is 0 Å². The molecule has 0 amide bonds. The number of aromatic amines is 1. The summed E-state index contributed by atoms with van der Waals surface area (Å²) in [4.78, 5) is 4.21. The van der Waals surface area contributed by atoms with Crippen LogP contribution in [0.25, 0.3) is 11.0 Å². The summed E-state index contributed by atoms with van der Waals surface area (Å²) < 4.78 is 68.3. The highest BCUT2D eigenvalue weighted by molar-refractivity contribution is 7.88. The van der Waals surface area contributed by atoms with Gasteiger partial charge in [0.05, 0.1) is 28.4 Å². The molecule has 3 aromatic rings. The van der Waals surface area contributed by atoms with E-state index in [0.29, 0.717) is 18.4 Å². The summed E-state index contributed by atoms with van der Waals surface area (Å²) in [6, 6.07) is 7.23. The first-order chi connectivity index (χ1) is 14.1. The molecule has 0 unspecified atom stereocenters. The molecule has 0 saturated carbocycles. The van der Waals surface area contributed by atoms with E-state index in [2.05, 4.69) is 15.2 Å². The molecule has 11 heteroatoms. The Hall–Kier alpha value is -2.66. The first kappa shape index (κ1) is 20.6. The highest BCUT2D eigenvalue weighted by Gasteiger charge is 2.40. The monoisotopic (exact) mass is 439 g/mol. The minimum Gasteiger partial charge on any atom is -0.383 e. The van der Waals surface area contributed by atoms with Gasteiger partial charge in [-0.05, 0) is 31.4 Å². The maximum Gasteiger partial charge on any atom is 0.417 e. The summed E-state index contributed by atoms with van der Waals surface area (Å²) in [6.07, 6.45) is -3.78. The van der Waals surface area contributed by atoms with Crippen molar-refractivity contribution in [2.75, 3.05) is 12.3 Å². The first-order valence-corrected chi connectivity index (χ1v) is 10.9. The van der Waals surface area contributed by atoms with Gasteiger partial charge in [0.2, 0.25) is 10.0 Å². The summed E-state index contributed by atoms with van der Waals surface area (Å²) in [7, 11) is -3.76. The Labute approximate surface area is 171 Å². The van der Waals surface area contributed by atoms with Gasteiger partial charge in [0, 0.05) is 6.54 Å². The maximum atomic E-state index is 13.6. The molecule has 30 heavy (non-hydrogen) atoms. The minimum atomic E-state index is -4.68. The van der Waals surface area contributed by atoms with Crippen LogP contribution >= 0.6 is 0 Å². The zero-order valence-corrected chi connectivity index (χ0v) is 16.9. The van der Waals surface area contributed by atoms with Gasteiger partial charge in [-0.3, -0.25) is 5.10 Å². The van der Waals surface area contributed by atoms with E-state index in [9.17, 15) is 21.6 Å². The lowest BCUT2D eigenvalue weighted by Crippen LogP contribution is -2.32. The normalized spacial score (nSPS) is 18.3. The Morgan fingerprint density at radius 3 is 2.77 bits per heavy atom. The fourth-order valence-corrected chi connectivity index (χ4v) is 5.70. The van der Waals surface area contributed by atoms with Gasteiger partial charge in [-0.25, -0.2) is 13.4 Å². The number of nitrogen functional groups attached to an aromatic ring is 1. The van der Waals surface area contributed by atoms with Crippen molar-refractivity contribution in [3.8, 4) is 0 Å². The number of nitrogens with one attached hydrogen (secondary N) is 1. The van der Waals surface area contributed by atoms with Crippen LogP contribution in [0.3, 0.4) is 0 Å². The van der Waals surface area contributed by atoms with Crippen LogP contribution in [0.1, 0.15) is 41.3 Å². The van der Waals surface area contributed by atoms with E-state index in [1.807, 2.05) is 13.0 Å². The molecule has 1 fully saturated rings. The largest absolute Gasteiger partial charge is 0.417 e. The number of alkyl halides is 3. The van der Waals surface area contributed by atoms with Gasteiger partial charge < -0.3 is 5.73 Å². The molecule has 1 atom stereocenters. The smallest absolute Gasteiger partial charge is 0.383 e. The van der Waals surface area contributed by atoms with Crippen LogP contribution in [0.4, 0.5) is 19.0 Å². The van der Waals surface area contributed by atoms with E-state index in [1.54, 1.807) is 18.2 Å². The Kier molecular flexibility index (Phi) is 4.97. The molecule has 0 bridgehead atoms. The van der Waals surface area contributed by atoms with Crippen molar-refractivity contribution < 1.29 is 21.6 Å². The summed E-state index contributed by atoms with van der Waals surface area (Å²) in [5.74, 6) is -0.457. The molecule has 7 nitrogen and oxygen atoms in total. The number of nitrogens with zero attached hydrogens (tertiary/aromatic N) is 3. The predicted molar refractivity (Wildman–Crippen MR) is 106 cm³/mol. The number of hydrogen-bond acceptors (Lipinski definition) is 5. The molecule has 0 radical (unpaired) electrons. The second kappa shape index (κ2) is 7.24. The SMILES string of the molecule is Cc1cccc(CS(=O)(=O)N2CCC[C@H]2c2cc(C(F)(F)F)c3c(N)[nH]nc3n2)c1. The number of hydrogen-bond donors (Lipinski definition) is 2. The van der Waals surface area contributed by atoms with Gasteiger partial charge in [0.15, 0.2) is 5.65 Å². The van der Waals surface area contributed by atoms with Gasteiger partial charge in [-0.2, -0.15) is 22.6 Å². The Morgan fingerprint density at radius 1 is 1.30 bits per heavy atom. The molecule has 1 aliphatic heterocycles. The summed E-state index contributed by atoms with van der Waals surface area (Å²) >= 11 is 0. The zero-order valence-electron chi connectivity index (χ0n) is 16.1. The van der Waals surface area contributed by atoms with E-state index in [-0.39, 0.29) is 34.8 Å². The van der Waals surface area contributed by atoms with Crippen molar-refractivity contribution in [3.63, 3.8) is 0 Å². The molecule has 0 aliphatic carbocycles. The third kappa shape index (κ3) is 3.74. The lowest BCUT2D eigenvalue weighted by Gasteiger charge is -2.24. The van der Waals surface area contributed by atoms with Crippen molar-refractivity contribution in [1.82, 2.24) is 19.5 Å². The molecule has 3 N–H and O–H groups in total. The van der Waals surface area contributed by atoms with Crippen LogP contribution in [0, 0.1) is 6.92 Å². The number of anilines is 1. The van der Waals surface area contributed by atoms with Crippen LogP contribution in [-0.2, 0) is 22.0 Å². The number of benzene rings is 1. The van der Waals surface area contributed by atoms with Crippen molar-refractivity contribution in [1.29, 1.82) is 0 Å². The number of aromatic nitrogens is 3. The fourth-order valence-electron chi connectivity index (χ4n) is 3.92. The van der Waals surface area contributed by atoms with Crippen molar-refractivity contribution in [2.45, 2.75) is 37.7 Å². The van der Waals surface area contributed by atoms with Gasteiger partial charge in [-0.15, -0.1) is 0 Å². The molecule has 160 valence electrons. The topological polar surface area (TPSA) is 105 Å². The number of H-pyrrole nitrogens is 1. The number of aryl methyl sites for hydroxylation is 1. The molecule has 0 spiro atoms. The molecule has 1 saturated heterocycles. The highest BCUT2D eigenvalue weighted by atomic mass is 32.2. The van der Waals surface area contributed by atoms with Gasteiger partial charge in [-0.1, -0.05) is 29.8 Å². The van der Waals surface area contributed by atoms with Crippen LogP contribution in [0.15, 0.2) is 30.3 Å². The van der Waals surface area contributed by atoms with Crippen molar-refractivity contribution in [3.05, 3.63) is 52.7 Å². The molecule has 2 aromatic heterocycles. The quantitative estimate of drug-likeness (QED) is 0.647. The second-order valence-electron chi connectivity index (χ2n) is 7.44. The Bertz CT molecular complexity index is 1210. The highest BCUT2D eigenvalue weighted by Crippen LogP contribution is 2.41. The average molecular weight is 439 g/mol. The predicted octanol–water partition coefficient (Wildman–Crippen LogP) is 3.53. The molecule has 1 aromatic carbocycles. The van der Waals surface area contributed by atoms with Gasteiger partial charge in [0.1, 0.15) is 5.82 Å². The number of nitrogens with two attached hydrogens (primary N) is 1. The van der Waals surface area contributed by atoms with Crippen molar-refractivity contribution in [2.24, 2.45) is 0 Å². The molecule has 3 heterocycles. The Morgan fingerprint density at radius 2 is 2.07 bits per heavy atom. The third-order valence-corrected chi connectivity index (χ3v) is 7.06. The summed E-state index contributed by atoms with van der Waals surface area (Å²) in [6.45, 7) is 2.09. The Balaban J connectivity index is 1.74. The lowest BCUT2D eigenvalue weighted by atomic mass is 10.1. The lowest BCUT2D eigenvalue weighted by molar-refractivity contribution is -0.136. The number of rotatable bonds is 4. The standard InChI is InChI=1S/C19H20F3N5O2S/c1-11-4-2-5-12(8-11)10-30(28,29)27-7-3-6-15(27)14-9-13(19(20,21)22)16-17(23)25-26-18(16)24-14/h2,4-5,8-9,15H,3,6-7,10H2,1H3,(H3,23,24,25,26)/t15-/m0/s1. The number of halogens is 3. The van der Waals surface area contributed by atoms with E-state index in [0.717, 1.165) is 11.6 Å². The third-order valence-electron chi connectivity index (χ3n) is 5.21.